The number of anilines is 1. The Morgan fingerprint density at radius 2 is 1.97 bits per heavy atom. The molecule has 1 N–H and O–H groups in total. The van der Waals surface area contributed by atoms with Gasteiger partial charge in [-0.15, -0.1) is 0 Å². The molecule has 1 unspecified atom stereocenters. The van der Waals surface area contributed by atoms with Crippen molar-refractivity contribution < 1.29 is 4.79 Å². The zero-order valence-electron chi connectivity index (χ0n) is 18.9. The third kappa shape index (κ3) is 5.05. The standard InChI is InChI=1S/C24H30N6O/c1-6-8-19(9-7-2)23-16(3)29-30(17(23)4)18(5)24(31)28-22-11-10-20(14-27-22)21-15-25-12-13-26-21/h8,10-15,18H,6-7,9H2,1-5H3,(H,27,28,31)/b19-8+. The van der Waals surface area contributed by atoms with E-state index in [2.05, 4.69) is 40.2 Å². The van der Waals surface area contributed by atoms with Gasteiger partial charge in [0.25, 0.3) is 0 Å². The van der Waals surface area contributed by atoms with E-state index in [9.17, 15) is 4.79 Å². The number of carbonyl (C=O) groups is 1. The Morgan fingerprint density at radius 1 is 1.16 bits per heavy atom. The van der Waals surface area contributed by atoms with Crippen LogP contribution in [0.15, 0.2) is 43.0 Å². The van der Waals surface area contributed by atoms with E-state index in [4.69, 9.17) is 5.10 Å². The number of nitrogens with zero attached hydrogens (tertiary/aromatic N) is 5. The van der Waals surface area contributed by atoms with Crippen molar-refractivity contribution in [2.24, 2.45) is 0 Å². The molecule has 0 fully saturated rings. The maximum atomic E-state index is 12.9. The summed E-state index contributed by atoms with van der Waals surface area (Å²) in [6.45, 7) is 10.2. The molecule has 1 atom stereocenters. The van der Waals surface area contributed by atoms with Crippen LogP contribution in [0, 0.1) is 13.8 Å². The van der Waals surface area contributed by atoms with Crippen LogP contribution in [0.2, 0.25) is 0 Å². The van der Waals surface area contributed by atoms with E-state index >= 15 is 0 Å². The fourth-order valence-electron chi connectivity index (χ4n) is 3.76. The highest BCUT2D eigenvalue weighted by Crippen LogP contribution is 2.29. The van der Waals surface area contributed by atoms with Gasteiger partial charge in [0.2, 0.25) is 5.91 Å². The molecule has 1 amide bonds. The summed E-state index contributed by atoms with van der Waals surface area (Å²) in [7, 11) is 0. The van der Waals surface area contributed by atoms with Gasteiger partial charge in [-0.3, -0.25) is 19.4 Å². The number of allylic oxidation sites excluding steroid dienone is 2. The maximum absolute atomic E-state index is 12.9. The Labute approximate surface area is 183 Å². The smallest absolute Gasteiger partial charge is 0.250 e. The lowest BCUT2D eigenvalue weighted by Crippen LogP contribution is -2.25. The average molecular weight is 419 g/mol. The predicted molar refractivity (Wildman–Crippen MR) is 123 cm³/mol. The number of carbonyl (C=O) groups excluding carboxylic acids is 1. The second-order valence-corrected chi connectivity index (χ2v) is 7.57. The number of aromatic nitrogens is 5. The lowest BCUT2D eigenvalue weighted by molar-refractivity contribution is -0.119. The van der Waals surface area contributed by atoms with Crippen molar-refractivity contribution in [3.05, 3.63) is 59.9 Å². The van der Waals surface area contributed by atoms with E-state index in [-0.39, 0.29) is 5.91 Å². The first-order valence-electron chi connectivity index (χ1n) is 10.7. The molecule has 7 heteroatoms. The first-order chi connectivity index (χ1) is 15.0. The summed E-state index contributed by atoms with van der Waals surface area (Å²) < 4.78 is 1.81. The van der Waals surface area contributed by atoms with Gasteiger partial charge in [0.15, 0.2) is 0 Å². The molecule has 0 aromatic carbocycles. The van der Waals surface area contributed by atoms with E-state index in [1.165, 1.54) is 5.57 Å². The third-order valence-corrected chi connectivity index (χ3v) is 5.24. The molecule has 162 valence electrons. The predicted octanol–water partition coefficient (Wildman–Crippen LogP) is 5.15. The van der Waals surface area contributed by atoms with E-state index in [1.807, 2.05) is 31.5 Å². The van der Waals surface area contributed by atoms with Gasteiger partial charge in [0.1, 0.15) is 11.9 Å². The highest BCUT2D eigenvalue weighted by Gasteiger charge is 2.23. The van der Waals surface area contributed by atoms with Crippen LogP contribution in [0.3, 0.4) is 0 Å². The summed E-state index contributed by atoms with van der Waals surface area (Å²) in [6, 6.07) is 3.17. The zero-order valence-corrected chi connectivity index (χ0v) is 18.9. The summed E-state index contributed by atoms with van der Waals surface area (Å²) in [5.74, 6) is 0.331. The minimum atomic E-state index is -0.460. The lowest BCUT2D eigenvalue weighted by atomic mass is 9.98. The Morgan fingerprint density at radius 3 is 2.58 bits per heavy atom. The van der Waals surface area contributed by atoms with Crippen LogP contribution in [0.5, 0.6) is 0 Å². The van der Waals surface area contributed by atoms with Crippen molar-refractivity contribution in [2.75, 3.05) is 5.32 Å². The average Bonchev–Trinajstić information content (AvgIpc) is 3.08. The first kappa shape index (κ1) is 22.3. The fourth-order valence-corrected chi connectivity index (χ4v) is 3.76. The Kier molecular flexibility index (Phi) is 7.28. The van der Waals surface area contributed by atoms with Crippen LogP contribution in [0.1, 0.15) is 63.0 Å². The first-order valence-corrected chi connectivity index (χ1v) is 10.7. The van der Waals surface area contributed by atoms with E-state index in [1.54, 1.807) is 30.9 Å². The van der Waals surface area contributed by atoms with Gasteiger partial charge in [0, 0.05) is 35.4 Å². The second kappa shape index (κ2) is 10.1. The molecule has 0 spiro atoms. The van der Waals surface area contributed by atoms with Crippen LogP contribution in [0.25, 0.3) is 16.8 Å². The van der Waals surface area contributed by atoms with Crippen molar-refractivity contribution in [1.82, 2.24) is 24.7 Å². The van der Waals surface area contributed by atoms with E-state index in [0.29, 0.717) is 5.82 Å². The molecule has 7 nitrogen and oxygen atoms in total. The Bertz CT molecular complexity index is 1050. The minimum Gasteiger partial charge on any atom is -0.309 e. The molecule has 31 heavy (non-hydrogen) atoms. The minimum absolute atomic E-state index is 0.159. The van der Waals surface area contributed by atoms with E-state index in [0.717, 1.165) is 47.5 Å². The zero-order chi connectivity index (χ0) is 22.4. The SMILES string of the molecule is CC/C=C(\CCC)c1c(C)nn(C(C)C(=O)Nc2ccc(-c3cnccn3)cn2)c1C. The highest BCUT2D eigenvalue weighted by molar-refractivity contribution is 5.92. The molecule has 3 aromatic rings. The highest BCUT2D eigenvalue weighted by atomic mass is 16.2. The summed E-state index contributed by atoms with van der Waals surface area (Å²) in [5, 5.41) is 7.58. The Hall–Kier alpha value is -3.35. The fraction of sp³-hybridized carbons (Fsp3) is 0.375. The molecular formula is C24H30N6O. The van der Waals surface area contributed by atoms with Gasteiger partial charge < -0.3 is 5.32 Å². The summed E-state index contributed by atoms with van der Waals surface area (Å²) in [5.41, 5.74) is 6.01. The number of aryl methyl sites for hydroxylation is 1. The summed E-state index contributed by atoms with van der Waals surface area (Å²) in [4.78, 5) is 25.6. The van der Waals surface area contributed by atoms with Crippen LogP contribution in [0.4, 0.5) is 5.82 Å². The maximum Gasteiger partial charge on any atom is 0.250 e. The molecule has 0 aliphatic carbocycles. The molecule has 0 aliphatic heterocycles. The number of amides is 1. The largest absolute Gasteiger partial charge is 0.309 e. The van der Waals surface area contributed by atoms with Gasteiger partial charge in [-0.2, -0.15) is 5.10 Å². The van der Waals surface area contributed by atoms with Gasteiger partial charge in [0.05, 0.1) is 17.6 Å². The van der Waals surface area contributed by atoms with Gasteiger partial charge in [-0.05, 0) is 51.3 Å². The van der Waals surface area contributed by atoms with Crippen LogP contribution >= 0.6 is 0 Å². The van der Waals surface area contributed by atoms with Crippen LogP contribution < -0.4 is 5.32 Å². The summed E-state index contributed by atoms with van der Waals surface area (Å²) in [6.07, 6.45) is 11.9. The number of nitrogens with one attached hydrogen (secondary N) is 1. The quantitative estimate of drug-likeness (QED) is 0.547. The molecule has 0 saturated carbocycles. The molecule has 3 heterocycles. The molecule has 0 radical (unpaired) electrons. The summed E-state index contributed by atoms with van der Waals surface area (Å²) >= 11 is 0. The lowest BCUT2D eigenvalue weighted by Gasteiger charge is -2.15. The third-order valence-electron chi connectivity index (χ3n) is 5.24. The molecule has 3 rings (SSSR count). The molecule has 0 aliphatic rings. The van der Waals surface area contributed by atoms with Crippen molar-refractivity contribution in [3.8, 4) is 11.3 Å². The van der Waals surface area contributed by atoms with Crippen molar-refractivity contribution in [3.63, 3.8) is 0 Å². The van der Waals surface area contributed by atoms with Crippen molar-refractivity contribution in [2.45, 2.75) is 59.9 Å². The van der Waals surface area contributed by atoms with Crippen LogP contribution in [-0.2, 0) is 4.79 Å². The van der Waals surface area contributed by atoms with Crippen LogP contribution in [-0.4, -0.2) is 30.6 Å². The topological polar surface area (TPSA) is 85.6 Å². The molecule has 0 saturated heterocycles. The van der Waals surface area contributed by atoms with E-state index < -0.39 is 6.04 Å². The van der Waals surface area contributed by atoms with Gasteiger partial charge in [-0.25, -0.2) is 4.98 Å². The monoisotopic (exact) mass is 418 g/mol. The van der Waals surface area contributed by atoms with Crippen molar-refractivity contribution >= 4 is 17.3 Å². The number of hydrogen-bond donors (Lipinski definition) is 1. The number of hydrogen-bond acceptors (Lipinski definition) is 5. The number of pyridine rings is 1. The van der Waals surface area contributed by atoms with Crippen molar-refractivity contribution in [1.29, 1.82) is 0 Å². The molecule has 3 aromatic heterocycles. The molecular weight excluding hydrogens is 388 g/mol. The normalized spacial score (nSPS) is 12.6. The number of rotatable bonds is 8. The Balaban J connectivity index is 1.77. The van der Waals surface area contributed by atoms with Gasteiger partial charge in [-0.1, -0.05) is 26.3 Å². The van der Waals surface area contributed by atoms with Gasteiger partial charge >= 0.3 is 0 Å². The second-order valence-electron chi connectivity index (χ2n) is 7.57. The molecule has 0 bridgehead atoms.